The number of rotatable bonds is 6. The second kappa shape index (κ2) is 5.85. The van der Waals surface area contributed by atoms with E-state index in [1.807, 2.05) is 30.3 Å². The summed E-state index contributed by atoms with van der Waals surface area (Å²) in [5, 5.41) is 10.5. The zero-order chi connectivity index (χ0) is 13.1. The van der Waals surface area contributed by atoms with E-state index in [1.165, 1.54) is 6.42 Å². The predicted octanol–water partition coefficient (Wildman–Crippen LogP) is 3.09. The molecule has 1 fully saturated rings. The Morgan fingerprint density at radius 3 is 2.44 bits per heavy atom. The number of nitrogens with zero attached hydrogens (tertiary/aromatic N) is 1. The fraction of sp³-hybridized carbons (Fsp3) is 0.625. The van der Waals surface area contributed by atoms with E-state index < -0.39 is 0 Å². The van der Waals surface area contributed by atoms with E-state index in [2.05, 4.69) is 25.8 Å². The minimum atomic E-state index is -0.379. The lowest BCUT2D eigenvalue weighted by Gasteiger charge is -2.31. The van der Waals surface area contributed by atoms with Gasteiger partial charge in [0.15, 0.2) is 0 Å². The fourth-order valence-electron chi connectivity index (χ4n) is 2.81. The van der Waals surface area contributed by atoms with Crippen molar-refractivity contribution in [2.45, 2.75) is 38.8 Å². The maximum absolute atomic E-state index is 10.5. The van der Waals surface area contributed by atoms with E-state index in [-0.39, 0.29) is 12.1 Å². The highest BCUT2D eigenvalue weighted by atomic mass is 16.3. The molecule has 0 radical (unpaired) electrons. The van der Waals surface area contributed by atoms with Crippen molar-refractivity contribution in [2.24, 2.45) is 11.8 Å². The molecular formula is C16H25NO. The van der Waals surface area contributed by atoms with Crippen molar-refractivity contribution in [3.8, 4) is 0 Å². The van der Waals surface area contributed by atoms with Crippen LogP contribution in [-0.2, 0) is 0 Å². The smallest absolute Gasteiger partial charge is 0.0944 e. The van der Waals surface area contributed by atoms with Crippen molar-refractivity contribution >= 4 is 0 Å². The van der Waals surface area contributed by atoms with E-state index in [1.54, 1.807) is 0 Å². The van der Waals surface area contributed by atoms with Crippen molar-refractivity contribution < 1.29 is 5.11 Å². The molecule has 0 aromatic heterocycles. The molecule has 1 aromatic rings. The largest absolute Gasteiger partial charge is 0.387 e. The molecular weight excluding hydrogens is 222 g/mol. The molecule has 0 amide bonds. The molecule has 0 heterocycles. The fourth-order valence-corrected chi connectivity index (χ4v) is 2.81. The molecule has 100 valence electrons. The second-order valence-corrected chi connectivity index (χ2v) is 5.74. The van der Waals surface area contributed by atoms with Crippen LogP contribution in [0.4, 0.5) is 0 Å². The highest BCUT2D eigenvalue weighted by Crippen LogP contribution is 2.39. The van der Waals surface area contributed by atoms with Crippen LogP contribution in [0.15, 0.2) is 30.3 Å². The molecule has 0 saturated heterocycles. The van der Waals surface area contributed by atoms with Gasteiger partial charge in [-0.1, -0.05) is 44.2 Å². The van der Waals surface area contributed by atoms with Crippen LogP contribution in [0.25, 0.3) is 0 Å². The Labute approximate surface area is 111 Å². The first-order chi connectivity index (χ1) is 8.63. The summed E-state index contributed by atoms with van der Waals surface area (Å²) in [7, 11) is 2.14. The summed E-state index contributed by atoms with van der Waals surface area (Å²) in [4.78, 5) is 2.34. The van der Waals surface area contributed by atoms with E-state index in [4.69, 9.17) is 0 Å². The summed E-state index contributed by atoms with van der Waals surface area (Å²) in [6, 6.07) is 10.2. The molecule has 0 aliphatic heterocycles. The van der Waals surface area contributed by atoms with Gasteiger partial charge < -0.3 is 10.0 Å². The van der Waals surface area contributed by atoms with Gasteiger partial charge in [0, 0.05) is 12.6 Å². The summed E-state index contributed by atoms with van der Waals surface area (Å²) in [6.07, 6.45) is 1.95. The summed E-state index contributed by atoms with van der Waals surface area (Å²) in [5.74, 6) is 1.71. The van der Waals surface area contributed by atoms with Gasteiger partial charge in [-0.2, -0.15) is 0 Å². The van der Waals surface area contributed by atoms with Gasteiger partial charge in [0.05, 0.1) is 6.10 Å². The molecule has 1 N–H and O–H groups in total. The third kappa shape index (κ3) is 3.12. The highest BCUT2D eigenvalue weighted by Gasteiger charge is 2.35. The van der Waals surface area contributed by atoms with Gasteiger partial charge in [0.25, 0.3) is 0 Å². The van der Waals surface area contributed by atoms with Gasteiger partial charge >= 0.3 is 0 Å². The maximum atomic E-state index is 10.5. The van der Waals surface area contributed by atoms with Gasteiger partial charge in [-0.3, -0.25) is 0 Å². The second-order valence-electron chi connectivity index (χ2n) is 5.74. The number of hydrogen-bond donors (Lipinski definition) is 1. The standard InChI is InChI=1S/C16H25NO/c1-4-15(17(3)11-14-10-12(14)2)16(18)13-8-6-5-7-9-13/h5-9,12,14-16,18H,4,10-11H2,1-3H3. The van der Waals surface area contributed by atoms with Crippen molar-refractivity contribution in [3.63, 3.8) is 0 Å². The molecule has 2 nitrogen and oxygen atoms in total. The maximum Gasteiger partial charge on any atom is 0.0944 e. The van der Waals surface area contributed by atoms with Crippen molar-refractivity contribution in [3.05, 3.63) is 35.9 Å². The van der Waals surface area contributed by atoms with E-state index >= 15 is 0 Å². The summed E-state index contributed by atoms with van der Waals surface area (Å²) >= 11 is 0. The Bertz CT molecular complexity index is 365. The third-order valence-corrected chi connectivity index (χ3v) is 4.29. The van der Waals surface area contributed by atoms with Crippen LogP contribution >= 0.6 is 0 Å². The molecule has 0 spiro atoms. The molecule has 18 heavy (non-hydrogen) atoms. The van der Waals surface area contributed by atoms with Gasteiger partial charge in [0.1, 0.15) is 0 Å². The molecule has 2 heteroatoms. The normalized spacial score (nSPS) is 26.1. The molecule has 4 atom stereocenters. The summed E-state index contributed by atoms with van der Waals surface area (Å²) < 4.78 is 0. The number of aliphatic hydroxyl groups is 1. The Kier molecular flexibility index (Phi) is 4.41. The van der Waals surface area contributed by atoms with Gasteiger partial charge in [-0.05, 0) is 37.3 Å². The van der Waals surface area contributed by atoms with E-state index in [0.29, 0.717) is 0 Å². The van der Waals surface area contributed by atoms with Crippen LogP contribution in [0.2, 0.25) is 0 Å². The molecule has 1 aliphatic carbocycles. The zero-order valence-electron chi connectivity index (χ0n) is 11.7. The number of aliphatic hydroxyl groups excluding tert-OH is 1. The molecule has 1 aliphatic rings. The molecule has 4 unspecified atom stereocenters. The minimum Gasteiger partial charge on any atom is -0.387 e. The minimum absolute atomic E-state index is 0.222. The number of benzene rings is 1. The number of likely N-dealkylation sites (N-methyl/N-ethyl adjacent to an activating group) is 1. The average Bonchev–Trinajstić information content (AvgIpc) is 3.06. The summed E-state index contributed by atoms with van der Waals surface area (Å²) in [5.41, 5.74) is 1.03. The van der Waals surface area contributed by atoms with Gasteiger partial charge in [0.2, 0.25) is 0 Å². The number of hydrogen-bond acceptors (Lipinski definition) is 2. The topological polar surface area (TPSA) is 23.5 Å². The van der Waals surface area contributed by atoms with Crippen LogP contribution < -0.4 is 0 Å². The Morgan fingerprint density at radius 1 is 1.33 bits per heavy atom. The monoisotopic (exact) mass is 247 g/mol. The van der Waals surface area contributed by atoms with E-state index in [0.717, 1.165) is 30.4 Å². The Morgan fingerprint density at radius 2 is 1.94 bits per heavy atom. The van der Waals surface area contributed by atoms with Crippen LogP contribution in [0, 0.1) is 11.8 Å². The SMILES string of the molecule is CCC(C(O)c1ccccc1)N(C)CC1CC1C. The molecule has 0 bridgehead atoms. The van der Waals surface area contributed by atoms with Crippen LogP contribution in [0.5, 0.6) is 0 Å². The summed E-state index contributed by atoms with van der Waals surface area (Å²) in [6.45, 7) is 5.58. The van der Waals surface area contributed by atoms with Gasteiger partial charge in [-0.25, -0.2) is 0 Å². The lowest BCUT2D eigenvalue weighted by molar-refractivity contribution is 0.0572. The van der Waals surface area contributed by atoms with E-state index in [9.17, 15) is 5.11 Å². The molecule has 1 aromatic carbocycles. The first-order valence-electron chi connectivity index (χ1n) is 7.06. The third-order valence-electron chi connectivity index (χ3n) is 4.29. The Balaban J connectivity index is 1.98. The van der Waals surface area contributed by atoms with Crippen molar-refractivity contribution in [2.75, 3.05) is 13.6 Å². The highest BCUT2D eigenvalue weighted by molar-refractivity contribution is 5.18. The molecule has 1 saturated carbocycles. The Hall–Kier alpha value is -0.860. The van der Waals surface area contributed by atoms with Crippen molar-refractivity contribution in [1.29, 1.82) is 0 Å². The average molecular weight is 247 g/mol. The van der Waals surface area contributed by atoms with Crippen LogP contribution in [0.1, 0.15) is 38.4 Å². The quantitative estimate of drug-likeness (QED) is 0.835. The lowest BCUT2D eigenvalue weighted by Crippen LogP contribution is -2.37. The molecule has 2 rings (SSSR count). The zero-order valence-corrected chi connectivity index (χ0v) is 11.7. The first kappa shape index (κ1) is 13.6. The van der Waals surface area contributed by atoms with Crippen LogP contribution in [-0.4, -0.2) is 29.6 Å². The van der Waals surface area contributed by atoms with Gasteiger partial charge in [-0.15, -0.1) is 0 Å². The lowest BCUT2D eigenvalue weighted by atomic mass is 9.99. The first-order valence-corrected chi connectivity index (χ1v) is 7.06. The van der Waals surface area contributed by atoms with Crippen molar-refractivity contribution in [1.82, 2.24) is 4.90 Å². The predicted molar refractivity (Wildman–Crippen MR) is 75.4 cm³/mol. The van der Waals surface area contributed by atoms with Crippen LogP contribution in [0.3, 0.4) is 0 Å².